The largest absolute Gasteiger partial charge is 0.367 e. The van der Waals surface area contributed by atoms with Crippen LogP contribution in [0.25, 0.3) is 10.2 Å². The highest BCUT2D eigenvalue weighted by Crippen LogP contribution is 2.30. The molecule has 0 atom stereocenters. The Balaban J connectivity index is 1.55. The molecule has 4 rings (SSSR count). The molecule has 1 fully saturated rings. The van der Waals surface area contributed by atoms with Gasteiger partial charge in [-0.15, -0.1) is 0 Å². The molecular weight excluding hydrogens is 330 g/mol. The van der Waals surface area contributed by atoms with Gasteiger partial charge in [0.25, 0.3) is 0 Å². The van der Waals surface area contributed by atoms with E-state index in [2.05, 4.69) is 39.1 Å². The summed E-state index contributed by atoms with van der Waals surface area (Å²) in [6.07, 6.45) is 0. The van der Waals surface area contributed by atoms with Gasteiger partial charge in [0, 0.05) is 31.9 Å². The fourth-order valence-corrected chi connectivity index (χ4v) is 4.35. The van der Waals surface area contributed by atoms with Gasteiger partial charge in [-0.25, -0.2) is 4.98 Å². The molecule has 3 aromatic rings. The third kappa shape index (κ3) is 2.92. The number of rotatable bonds is 2. The first kappa shape index (κ1) is 15.9. The van der Waals surface area contributed by atoms with Gasteiger partial charge in [-0.1, -0.05) is 23.5 Å². The molecule has 0 bridgehead atoms. The second kappa shape index (κ2) is 6.34. The van der Waals surface area contributed by atoms with Crippen LogP contribution in [0.15, 0.2) is 30.3 Å². The Morgan fingerprint density at radius 3 is 2.48 bits per heavy atom. The zero-order chi connectivity index (χ0) is 17.4. The van der Waals surface area contributed by atoms with Crippen LogP contribution in [0.2, 0.25) is 0 Å². The number of nitrogens with zero attached hydrogens (tertiary/aromatic N) is 5. The van der Waals surface area contributed by atoms with E-state index in [-0.39, 0.29) is 0 Å². The number of piperazine rings is 1. The quantitative estimate of drug-likeness (QED) is 0.709. The molecule has 1 aromatic carbocycles. The summed E-state index contributed by atoms with van der Waals surface area (Å²) >= 11 is 1.75. The van der Waals surface area contributed by atoms with Crippen LogP contribution < -0.4 is 9.80 Å². The van der Waals surface area contributed by atoms with Crippen LogP contribution in [0, 0.1) is 25.2 Å². The molecule has 0 radical (unpaired) electrons. The van der Waals surface area contributed by atoms with Crippen LogP contribution in [0.3, 0.4) is 0 Å². The summed E-state index contributed by atoms with van der Waals surface area (Å²) in [5.74, 6) is 0. The summed E-state index contributed by atoms with van der Waals surface area (Å²) in [5, 5.41) is 10.6. The normalized spacial score (nSPS) is 14.8. The highest BCUT2D eigenvalue weighted by molar-refractivity contribution is 7.22. The number of nitriles is 1. The lowest BCUT2D eigenvalue weighted by atomic mass is 10.1. The Kier molecular flexibility index (Phi) is 4.02. The number of thiazole rings is 1. The molecule has 0 unspecified atom stereocenters. The highest BCUT2D eigenvalue weighted by atomic mass is 32.1. The molecule has 0 saturated carbocycles. The average Bonchev–Trinajstić information content (AvgIpc) is 3.05. The van der Waals surface area contributed by atoms with E-state index in [0.717, 1.165) is 53.9 Å². The molecule has 2 aromatic heterocycles. The summed E-state index contributed by atoms with van der Waals surface area (Å²) in [4.78, 5) is 13.8. The minimum absolute atomic E-state index is 0.694. The number of fused-ring (bicyclic) bond motifs is 1. The van der Waals surface area contributed by atoms with E-state index in [9.17, 15) is 5.26 Å². The average molecular weight is 349 g/mol. The standard InChI is InChI=1S/C19H19N5S/c1-13-11-17(15(12-20)14(2)21-13)23-7-9-24(10-8-23)19-22-16-5-3-4-6-18(16)25-19/h3-6,11H,7-10H2,1-2H3. The SMILES string of the molecule is Cc1cc(N2CCN(c3nc4ccccc4s3)CC2)c(C#N)c(C)n1. The van der Waals surface area contributed by atoms with Crippen molar-refractivity contribution in [1.82, 2.24) is 9.97 Å². The molecule has 1 saturated heterocycles. The molecular formula is C19H19N5S. The predicted octanol–water partition coefficient (Wildman–Crippen LogP) is 3.51. The van der Waals surface area contributed by atoms with Crippen LogP contribution in [0.5, 0.6) is 0 Å². The number of pyridine rings is 1. The Labute approximate surface area is 151 Å². The van der Waals surface area contributed by atoms with Crippen LogP contribution in [0.1, 0.15) is 17.0 Å². The van der Waals surface area contributed by atoms with Gasteiger partial charge in [-0.05, 0) is 32.0 Å². The van der Waals surface area contributed by atoms with Gasteiger partial charge in [0.2, 0.25) is 0 Å². The van der Waals surface area contributed by atoms with Crippen molar-refractivity contribution in [3.8, 4) is 6.07 Å². The summed E-state index contributed by atoms with van der Waals surface area (Å²) in [5.41, 5.74) is 4.54. The minimum atomic E-state index is 0.694. The van der Waals surface area contributed by atoms with E-state index in [1.165, 1.54) is 4.70 Å². The summed E-state index contributed by atoms with van der Waals surface area (Å²) in [7, 11) is 0. The van der Waals surface area contributed by atoms with Gasteiger partial charge < -0.3 is 9.80 Å². The summed E-state index contributed by atoms with van der Waals surface area (Å²) < 4.78 is 1.23. The molecule has 126 valence electrons. The van der Waals surface area contributed by atoms with Crippen molar-refractivity contribution in [2.24, 2.45) is 0 Å². The van der Waals surface area contributed by atoms with Crippen LogP contribution in [-0.4, -0.2) is 36.1 Å². The van der Waals surface area contributed by atoms with Crippen LogP contribution in [-0.2, 0) is 0 Å². The lowest BCUT2D eigenvalue weighted by molar-refractivity contribution is 0.651. The van der Waals surface area contributed by atoms with Gasteiger partial charge in [-0.3, -0.25) is 4.98 Å². The number of para-hydroxylation sites is 1. The topological polar surface area (TPSA) is 56.0 Å². The number of hydrogen-bond donors (Lipinski definition) is 0. The lowest BCUT2D eigenvalue weighted by Gasteiger charge is -2.36. The van der Waals surface area contributed by atoms with Crippen molar-refractivity contribution in [1.29, 1.82) is 5.26 Å². The van der Waals surface area contributed by atoms with Gasteiger partial charge in [0.15, 0.2) is 5.13 Å². The van der Waals surface area contributed by atoms with E-state index in [4.69, 9.17) is 4.98 Å². The first-order valence-corrected chi connectivity index (χ1v) is 9.21. The monoisotopic (exact) mass is 349 g/mol. The third-order valence-corrected chi connectivity index (χ3v) is 5.69. The smallest absolute Gasteiger partial charge is 0.186 e. The number of aryl methyl sites for hydroxylation is 2. The first-order valence-electron chi connectivity index (χ1n) is 8.39. The van der Waals surface area contributed by atoms with E-state index in [1.807, 2.05) is 26.0 Å². The molecule has 0 N–H and O–H groups in total. The zero-order valence-electron chi connectivity index (χ0n) is 14.4. The Morgan fingerprint density at radius 2 is 1.76 bits per heavy atom. The second-order valence-electron chi connectivity index (χ2n) is 6.29. The molecule has 1 aliphatic heterocycles. The number of benzene rings is 1. The maximum Gasteiger partial charge on any atom is 0.186 e. The second-order valence-corrected chi connectivity index (χ2v) is 7.30. The summed E-state index contributed by atoms with van der Waals surface area (Å²) in [6.45, 7) is 7.47. The van der Waals surface area contributed by atoms with Gasteiger partial charge >= 0.3 is 0 Å². The van der Waals surface area contributed by atoms with Crippen LogP contribution in [0.4, 0.5) is 10.8 Å². The molecule has 0 amide bonds. The van der Waals surface area contributed by atoms with Gasteiger partial charge in [0.1, 0.15) is 6.07 Å². The van der Waals surface area contributed by atoms with E-state index >= 15 is 0 Å². The number of hydrogen-bond acceptors (Lipinski definition) is 6. The fourth-order valence-electron chi connectivity index (χ4n) is 3.33. The number of anilines is 2. The molecule has 5 nitrogen and oxygen atoms in total. The van der Waals surface area contributed by atoms with Gasteiger partial charge in [0.05, 0.1) is 27.2 Å². The van der Waals surface area contributed by atoms with Gasteiger partial charge in [-0.2, -0.15) is 5.26 Å². The van der Waals surface area contributed by atoms with E-state index in [1.54, 1.807) is 11.3 Å². The van der Waals surface area contributed by atoms with Crippen LogP contribution >= 0.6 is 11.3 Å². The Bertz CT molecular complexity index is 931. The van der Waals surface area contributed by atoms with Crippen molar-refractivity contribution < 1.29 is 0 Å². The Morgan fingerprint density at radius 1 is 1.04 bits per heavy atom. The van der Waals surface area contributed by atoms with E-state index < -0.39 is 0 Å². The van der Waals surface area contributed by atoms with Crippen molar-refractivity contribution in [3.05, 3.63) is 47.3 Å². The fraction of sp³-hybridized carbons (Fsp3) is 0.316. The summed E-state index contributed by atoms with van der Waals surface area (Å²) in [6, 6.07) is 12.6. The first-order chi connectivity index (χ1) is 12.2. The molecule has 6 heteroatoms. The number of aromatic nitrogens is 2. The third-order valence-electron chi connectivity index (χ3n) is 4.59. The highest BCUT2D eigenvalue weighted by Gasteiger charge is 2.22. The molecule has 0 spiro atoms. The Hall–Kier alpha value is -2.65. The minimum Gasteiger partial charge on any atom is -0.367 e. The van der Waals surface area contributed by atoms with E-state index in [0.29, 0.717) is 5.56 Å². The lowest BCUT2D eigenvalue weighted by Crippen LogP contribution is -2.46. The zero-order valence-corrected chi connectivity index (χ0v) is 15.2. The molecule has 1 aliphatic rings. The molecule has 0 aliphatic carbocycles. The van der Waals surface area contributed by atoms with Crippen molar-refractivity contribution in [2.75, 3.05) is 36.0 Å². The maximum atomic E-state index is 9.50. The predicted molar refractivity (Wildman–Crippen MR) is 102 cm³/mol. The van der Waals surface area contributed by atoms with Crippen molar-refractivity contribution in [3.63, 3.8) is 0 Å². The van der Waals surface area contributed by atoms with Crippen molar-refractivity contribution in [2.45, 2.75) is 13.8 Å². The van der Waals surface area contributed by atoms with Crippen molar-refractivity contribution >= 4 is 32.4 Å². The molecule has 25 heavy (non-hydrogen) atoms. The maximum absolute atomic E-state index is 9.50. The molecule has 3 heterocycles.